The summed E-state index contributed by atoms with van der Waals surface area (Å²) in [5.74, 6) is -3.92. The SMILES string of the molecule is N#CC1(NC(=O)[C@H](CC(F)(F)Cc2ccccc2)NC(=O)N2CCCC3(CC3)C2)CC1. The molecule has 4 rings (SSSR count). The molecule has 0 unspecified atom stereocenters. The number of hydrogen-bond donors (Lipinski definition) is 2. The number of carbonyl (C=O) groups is 2. The molecular weight excluding hydrogens is 402 g/mol. The van der Waals surface area contributed by atoms with E-state index >= 15 is 0 Å². The van der Waals surface area contributed by atoms with E-state index in [1.165, 1.54) is 0 Å². The summed E-state index contributed by atoms with van der Waals surface area (Å²) in [7, 11) is 0. The van der Waals surface area contributed by atoms with Crippen LogP contribution in [0.5, 0.6) is 0 Å². The number of likely N-dealkylation sites (tertiary alicyclic amines) is 1. The second-order valence-electron chi connectivity index (χ2n) is 9.43. The van der Waals surface area contributed by atoms with Gasteiger partial charge in [-0.2, -0.15) is 5.26 Å². The molecule has 1 aromatic rings. The third-order valence-electron chi connectivity index (χ3n) is 6.65. The first kappa shape index (κ1) is 21.5. The van der Waals surface area contributed by atoms with E-state index in [-0.39, 0.29) is 5.41 Å². The van der Waals surface area contributed by atoms with Crippen LogP contribution in [0.3, 0.4) is 0 Å². The van der Waals surface area contributed by atoms with Gasteiger partial charge in [-0.05, 0) is 49.5 Å². The van der Waals surface area contributed by atoms with Crippen LogP contribution >= 0.6 is 0 Å². The molecule has 8 heteroatoms. The molecule has 2 N–H and O–H groups in total. The van der Waals surface area contributed by atoms with E-state index in [2.05, 4.69) is 10.6 Å². The topological polar surface area (TPSA) is 85.2 Å². The Balaban J connectivity index is 1.45. The molecule has 3 fully saturated rings. The van der Waals surface area contributed by atoms with Crippen LogP contribution in [0.25, 0.3) is 0 Å². The average molecular weight is 430 g/mol. The molecule has 0 aromatic heterocycles. The molecule has 1 aromatic carbocycles. The van der Waals surface area contributed by atoms with Gasteiger partial charge in [0.1, 0.15) is 11.6 Å². The minimum absolute atomic E-state index is 0.184. The largest absolute Gasteiger partial charge is 0.336 e. The van der Waals surface area contributed by atoms with Gasteiger partial charge in [0.2, 0.25) is 5.91 Å². The molecule has 0 radical (unpaired) electrons. The maximum Gasteiger partial charge on any atom is 0.318 e. The second-order valence-corrected chi connectivity index (χ2v) is 9.43. The molecule has 2 saturated carbocycles. The molecule has 1 atom stereocenters. The third kappa shape index (κ3) is 5.33. The number of amides is 3. The van der Waals surface area contributed by atoms with Gasteiger partial charge in [-0.3, -0.25) is 4.79 Å². The van der Waals surface area contributed by atoms with Crippen LogP contribution < -0.4 is 10.6 Å². The van der Waals surface area contributed by atoms with E-state index in [4.69, 9.17) is 0 Å². The van der Waals surface area contributed by atoms with Crippen LogP contribution in [0.4, 0.5) is 13.6 Å². The van der Waals surface area contributed by atoms with Gasteiger partial charge in [-0.1, -0.05) is 30.3 Å². The Labute approximate surface area is 181 Å². The van der Waals surface area contributed by atoms with Crippen LogP contribution in [0.2, 0.25) is 0 Å². The Morgan fingerprint density at radius 3 is 2.48 bits per heavy atom. The Hall–Kier alpha value is -2.69. The van der Waals surface area contributed by atoms with Crippen molar-refractivity contribution < 1.29 is 18.4 Å². The molecule has 2 aliphatic carbocycles. The van der Waals surface area contributed by atoms with Crippen molar-refractivity contribution in [1.29, 1.82) is 5.26 Å². The number of hydrogen-bond acceptors (Lipinski definition) is 3. The number of piperidine rings is 1. The van der Waals surface area contributed by atoms with Gasteiger partial charge < -0.3 is 15.5 Å². The lowest BCUT2D eigenvalue weighted by atomic mass is 9.95. The van der Waals surface area contributed by atoms with Crippen LogP contribution in [-0.2, 0) is 11.2 Å². The van der Waals surface area contributed by atoms with E-state index in [9.17, 15) is 23.6 Å². The van der Waals surface area contributed by atoms with E-state index in [0.29, 0.717) is 31.5 Å². The number of nitrogens with one attached hydrogen (secondary N) is 2. The highest BCUT2D eigenvalue weighted by molar-refractivity contribution is 5.88. The zero-order valence-corrected chi connectivity index (χ0v) is 17.5. The number of alkyl halides is 2. The van der Waals surface area contributed by atoms with E-state index in [1.807, 2.05) is 6.07 Å². The van der Waals surface area contributed by atoms with Crippen molar-refractivity contribution in [2.24, 2.45) is 5.41 Å². The number of benzene rings is 1. The van der Waals surface area contributed by atoms with Gasteiger partial charge in [-0.15, -0.1) is 0 Å². The van der Waals surface area contributed by atoms with Crippen molar-refractivity contribution in [3.63, 3.8) is 0 Å². The lowest BCUT2D eigenvalue weighted by Crippen LogP contribution is -2.56. The minimum atomic E-state index is -3.19. The second kappa shape index (κ2) is 8.10. The first-order chi connectivity index (χ1) is 14.7. The summed E-state index contributed by atoms with van der Waals surface area (Å²) in [6.45, 7) is 1.17. The van der Waals surface area contributed by atoms with Crippen LogP contribution in [0.15, 0.2) is 30.3 Å². The predicted molar refractivity (Wildman–Crippen MR) is 110 cm³/mol. The number of urea groups is 1. The molecule has 31 heavy (non-hydrogen) atoms. The fourth-order valence-corrected chi connectivity index (χ4v) is 4.39. The van der Waals surface area contributed by atoms with Crippen molar-refractivity contribution in [2.45, 2.75) is 68.9 Å². The maximum absolute atomic E-state index is 14.9. The molecule has 166 valence electrons. The summed E-state index contributed by atoms with van der Waals surface area (Å²) in [5, 5.41) is 14.4. The number of nitriles is 1. The summed E-state index contributed by atoms with van der Waals surface area (Å²) < 4.78 is 29.7. The summed E-state index contributed by atoms with van der Waals surface area (Å²) in [6, 6.07) is 8.49. The fraction of sp³-hybridized carbons (Fsp3) is 0.609. The van der Waals surface area contributed by atoms with Gasteiger partial charge in [-0.25, -0.2) is 13.6 Å². The Bertz CT molecular complexity index is 875. The molecular formula is C23H28F2N4O2. The fourth-order valence-electron chi connectivity index (χ4n) is 4.39. The first-order valence-electron chi connectivity index (χ1n) is 10.9. The van der Waals surface area contributed by atoms with Crippen molar-refractivity contribution in [3.05, 3.63) is 35.9 Å². The highest BCUT2D eigenvalue weighted by atomic mass is 19.3. The predicted octanol–water partition coefficient (Wildman–Crippen LogP) is 3.38. The first-order valence-corrected chi connectivity index (χ1v) is 10.9. The third-order valence-corrected chi connectivity index (χ3v) is 6.65. The Morgan fingerprint density at radius 2 is 1.87 bits per heavy atom. The molecule has 1 spiro atoms. The molecule has 1 aliphatic heterocycles. The molecule has 3 amide bonds. The highest BCUT2D eigenvalue weighted by Crippen LogP contribution is 2.52. The van der Waals surface area contributed by atoms with Gasteiger partial charge in [0.25, 0.3) is 5.92 Å². The molecule has 1 saturated heterocycles. The number of halogens is 2. The van der Waals surface area contributed by atoms with Crippen LogP contribution in [-0.4, -0.2) is 47.4 Å². The normalized spacial score (nSPS) is 21.6. The van der Waals surface area contributed by atoms with Crippen LogP contribution in [0, 0.1) is 16.7 Å². The van der Waals surface area contributed by atoms with Gasteiger partial charge in [0.05, 0.1) is 6.07 Å². The van der Waals surface area contributed by atoms with E-state index in [1.54, 1.807) is 35.2 Å². The summed E-state index contributed by atoms with van der Waals surface area (Å²) >= 11 is 0. The summed E-state index contributed by atoms with van der Waals surface area (Å²) in [4.78, 5) is 27.3. The molecule has 6 nitrogen and oxygen atoms in total. The number of nitrogens with zero attached hydrogens (tertiary/aromatic N) is 2. The van der Waals surface area contributed by atoms with E-state index < -0.39 is 42.3 Å². The zero-order chi connectivity index (χ0) is 22.1. The molecule has 1 heterocycles. The standard InChI is InChI=1S/C23H28F2N4O2/c24-23(25,13-17-5-2-1-3-6-17)14-18(19(30)28-22(15-26)10-11-22)27-20(31)29-12-4-7-21(16-29)8-9-21/h1-3,5-6,18H,4,7-14,16H2,(H,27,31)(H,28,30)/t18-/m0/s1. The van der Waals surface area contributed by atoms with Gasteiger partial charge in [0.15, 0.2) is 0 Å². The van der Waals surface area contributed by atoms with Crippen molar-refractivity contribution in [1.82, 2.24) is 15.5 Å². The van der Waals surface area contributed by atoms with Crippen molar-refractivity contribution >= 4 is 11.9 Å². The minimum Gasteiger partial charge on any atom is -0.336 e. The molecule has 0 bridgehead atoms. The lowest BCUT2D eigenvalue weighted by molar-refractivity contribution is -0.126. The highest BCUT2D eigenvalue weighted by Gasteiger charge is 2.49. The Morgan fingerprint density at radius 1 is 1.16 bits per heavy atom. The smallest absolute Gasteiger partial charge is 0.318 e. The summed E-state index contributed by atoms with van der Waals surface area (Å²) in [6.07, 6.45) is 3.77. The quantitative estimate of drug-likeness (QED) is 0.695. The average Bonchev–Trinajstić information content (AvgIpc) is 3.66. The van der Waals surface area contributed by atoms with Gasteiger partial charge in [0, 0.05) is 25.9 Å². The van der Waals surface area contributed by atoms with Gasteiger partial charge >= 0.3 is 6.03 Å². The van der Waals surface area contributed by atoms with Crippen LogP contribution in [0.1, 0.15) is 50.5 Å². The van der Waals surface area contributed by atoms with E-state index in [0.717, 1.165) is 25.7 Å². The molecule has 3 aliphatic rings. The Kier molecular flexibility index (Phi) is 5.63. The monoisotopic (exact) mass is 430 g/mol. The zero-order valence-electron chi connectivity index (χ0n) is 17.5. The summed E-state index contributed by atoms with van der Waals surface area (Å²) in [5.41, 5.74) is -0.345. The number of rotatable bonds is 7. The van der Waals surface area contributed by atoms with Crippen molar-refractivity contribution in [3.8, 4) is 6.07 Å². The number of carbonyl (C=O) groups excluding carboxylic acids is 2. The van der Waals surface area contributed by atoms with Crippen molar-refractivity contribution in [2.75, 3.05) is 13.1 Å². The lowest BCUT2D eigenvalue weighted by Gasteiger charge is -2.34. The maximum atomic E-state index is 14.9.